The number of nitrogens with one attached hydrogen (secondary N) is 1. The summed E-state index contributed by atoms with van der Waals surface area (Å²) in [4.78, 5) is 30.9. The average molecular weight is 412 g/mol. The van der Waals surface area contributed by atoms with Gasteiger partial charge in [0, 0.05) is 40.8 Å². The molecule has 0 fully saturated rings. The summed E-state index contributed by atoms with van der Waals surface area (Å²) < 4.78 is 4.77. The van der Waals surface area contributed by atoms with Crippen LogP contribution in [0.4, 0.5) is 11.5 Å². The maximum atomic E-state index is 13.0. The van der Waals surface area contributed by atoms with Crippen LogP contribution in [0.2, 0.25) is 5.02 Å². The van der Waals surface area contributed by atoms with Crippen molar-refractivity contribution in [1.29, 1.82) is 0 Å². The molecule has 1 N–H and O–H groups in total. The van der Waals surface area contributed by atoms with E-state index in [-0.39, 0.29) is 5.91 Å². The monoisotopic (exact) mass is 411 g/mol. The molecular weight excluding hydrogens is 390 g/mol. The highest BCUT2D eigenvalue weighted by molar-refractivity contribution is 6.37. The Labute approximate surface area is 174 Å². The minimum atomic E-state index is -0.422. The molecule has 0 saturated heterocycles. The van der Waals surface area contributed by atoms with Crippen LogP contribution in [-0.2, 0) is 4.74 Å². The highest BCUT2D eigenvalue weighted by Gasteiger charge is 2.20. The van der Waals surface area contributed by atoms with Gasteiger partial charge in [-0.1, -0.05) is 29.8 Å². The molecule has 0 aliphatic rings. The Morgan fingerprint density at radius 2 is 1.86 bits per heavy atom. The first-order valence-corrected chi connectivity index (χ1v) is 9.69. The fraction of sp³-hybridized carbons (Fsp3) is 0.227. The fourth-order valence-electron chi connectivity index (χ4n) is 3.18. The number of methoxy groups -OCH3 is 1. The molecule has 6 nitrogen and oxygen atoms in total. The number of hydrogen-bond acceptors (Lipinski definition) is 5. The lowest BCUT2D eigenvalue weighted by Crippen LogP contribution is -2.30. The number of amides is 1. The van der Waals surface area contributed by atoms with Crippen LogP contribution < -0.4 is 5.32 Å². The van der Waals surface area contributed by atoms with Gasteiger partial charge in [0.2, 0.25) is 0 Å². The molecule has 0 radical (unpaired) electrons. The molecule has 29 heavy (non-hydrogen) atoms. The first-order chi connectivity index (χ1) is 14.0. The highest BCUT2D eigenvalue weighted by atomic mass is 35.5. The average Bonchev–Trinajstić information content (AvgIpc) is 2.74. The van der Waals surface area contributed by atoms with E-state index >= 15 is 0 Å². The topological polar surface area (TPSA) is 71.5 Å². The van der Waals surface area contributed by atoms with Crippen LogP contribution in [0.15, 0.2) is 48.7 Å². The quantitative estimate of drug-likeness (QED) is 0.584. The zero-order valence-corrected chi connectivity index (χ0v) is 17.3. The smallest absolute Gasteiger partial charge is 0.337 e. The molecule has 0 aliphatic carbocycles. The van der Waals surface area contributed by atoms with Crippen molar-refractivity contribution < 1.29 is 14.3 Å². The molecule has 1 aromatic heterocycles. The number of benzene rings is 2. The van der Waals surface area contributed by atoms with Crippen LogP contribution in [0.25, 0.3) is 10.8 Å². The lowest BCUT2D eigenvalue weighted by Gasteiger charge is -2.20. The number of esters is 1. The fourth-order valence-corrected chi connectivity index (χ4v) is 3.46. The predicted molar refractivity (Wildman–Crippen MR) is 115 cm³/mol. The molecule has 150 valence electrons. The standard InChI is InChI=1S/C22H22ClN3O3/c1-4-26(5-2)21(27)17-13-24-20(16-10-7-11-18(23)19(16)17)25-15-9-6-8-14(12-15)22(28)29-3/h6-13H,4-5H2,1-3H3,(H,24,25). The molecule has 3 rings (SSSR count). The van der Waals surface area contributed by atoms with E-state index in [2.05, 4.69) is 10.3 Å². The van der Waals surface area contributed by atoms with Crippen molar-refractivity contribution in [3.63, 3.8) is 0 Å². The third-order valence-electron chi connectivity index (χ3n) is 4.69. The minimum Gasteiger partial charge on any atom is -0.465 e. The zero-order valence-electron chi connectivity index (χ0n) is 16.5. The van der Waals surface area contributed by atoms with Gasteiger partial charge in [-0.2, -0.15) is 0 Å². The van der Waals surface area contributed by atoms with E-state index in [1.807, 2.05) is 32.0 Å². The van der Waals surface area contributed by atoms with Crippen molar-refractivity contribution in [2.45, 2.75) is 13.8 Å². The predicted octanol–water partition coefficient (Wildman–Crippen LogP) is 4.90. The number of carbonyl (C=O) groups excluding carboxylic acids is 2. The Bertz CT molecular complexity index is 1060. The third kappa shape index (κ3) is 4.17. The van der Waals surface area contributed by atoms with Crippen molar-refractivity contribution in [1.82, 2.24) is 9.88 Å². The van der Waals surface area contributed by atoms with E-state index in [1.54, 1.807) is 35.4 Å². The Hall–Kier alpha value is -3.12. The first kappa shape index (κ1) is 20.6. The van der Waals surface area contributed by atoms with E-state index in [4.69, 9.17) is 16.3 Å². The number of halogens is 1. The molecular formula is C22H22ClN3O3. The second-order valence-electron chi connectivity index (χ2n) is 6.36. The lowest BCUT2D eigenvalue weighted by atomic mass is 10.1. The highest BCUT2D eigenvalue weighted by Crippen LogP contribution is 2.33. The molecule has 1 heterocycles. The largest absolute Gasteiger partial charge is 0.465 e. The number of carbonyl (C=O) groups is 2. The number of aromatic nitrogens is 1. The number of anilines is 2. The van der Waals surface area contributed by atoms with Crippen molar-refractivity contribution in [3.05, 3.63) is 64.8 Å². The van der Waals surface area contributed by atoms with Gasteiger partial charge in [0.15, 0.2) is 0 Å². The maximum Gasteiger partial charge on any atom is 0.337 e. The van der Waals surface area contributed by atoms with Crippen LogP contribution >= 0.6 is 11.6 Å². The van der Waals surface area contributed by atoms with Gasteiger partial charge < -0.3 is 15.0 Å². The summed E-state index contributed by atoms with van der Waals surface area (Å²) in [5.41, 5.74) is 1.56. The van der Waals surface area contributed by atoms with Gasteiger partial charge in [-0.05, 0) is 38.1 Å². The number of pyridine rings is 1. The molecule has 1 amide bonds. The Balaban J connectivity index is 2.08. The first-order valence-electron chi connectivity index (χ1n) is 9.32. The number of rotatable bonds is 6. The van der Waals surface area contributed by atoms with E-state index in [1.165, 1.54) is 7.11 Å². The molecule has 0 spiro atoms. The number of fused-ring (bicyclic) bond motifs is 1. The third-order valence-corrected chi connectivity index (χ3v) is 5.00. The van der Waals surface area contributed by atoms with Crippen molar-refractivity contribution >= 4 is 45.8 Å². The summed E-state index contributed by atoms with van der Waals surface area (Å²) >= 11 is 6.47. The van der Waals surface area contributed by atoms with E-state index in [0.717, 1.165) is 5.39 Å². The Kier molecular flexibility index (Phi) is 6.34. The van der Waals surface area contributed by atoms with Crippen molar-refractivity contribution in [3.8, 4) is 0 Å². The molecule has 2 aromatic carbocycles. The van der Waals surface area contributed by atoms with Gasteiger partial charge in [0.25, 0.3) is 5.91 Å². The van der Waals surface area contributed by atoms with Crippen LogP contribution in [0.1, 0.15) is 34.6 Å². The van der Waals surface area contributed by atoms with Crippen LogP contribution in [0.3, 0.4) is 0 Å². The van der Waals surface area contributed by atoms with E-state index in [0.29, 0.717) is 46.1 Å². The van der Waals surface area contributed by atoms with Crippen molar-refractivity contribution in [2.24, 2.45) is 0 Å². The van der Waals surface area contributed by atoms with Gasteiger partial charge in [-0.15, -0.1) is 0 Å². The van der Waals surface area contributed by atoms with Gasteiger partial charge in [0.05, 0.1) is 18.2 Å². The van der Waals surface area contributed by atoms with Crippen LogP contribution in [0, 0.1) is 0 Å². The van der Waals surface area contributed by atoms with Gasteiger partial charge in [0.1, 0.15) is 5.82 Å². The number of ether oxygens (including phenoxy) is 1. The SMILES string of the molecule is CCN(CC)C(=O)c1cnc(Nc2cccc(C(=O)OC)c2)c2cccc(Cl)c12. The summed E-state index contributed by atoms with van der Waals surface area (Å²) in [5.74, 6) is 0.00938. The second kappa shape index (κ2) is 8.92. The van der Waals surface area contributed by atoms with Crippen LogP contribution in [0.5, 0.6) is 0 Å². The maximum absolute atomic E-state index is 13.0. The molecule has 0 aliphatic heterocycles. The van der Waals surface area contributed by atoms with Gasteiger partial charge in [-0.3, -0.25) is 4.79 Å². The molecule has 0 atom stereocenters. The van der Waals surface area contributed by atoms with Gasteiger partial charge >= 0.3 is 5.97 Å². The summed E-state index contributed by atoms with van der Waals surface area (Å²) in [7, 11) is 1.34. The minimum absolute atomic E-state index is 0.111. The normalized spacial score (nSPS) is 10.6. The molecule has 3 aromatic rings. The summed E-state index contributed by atoms with van der Waals surface area (Å²) in [6.45, 7) is 5.06. The summed E-state index contributed by atoms with van der Waals surface area (Å²) in [6.07, 6.45) is 1.54. The zero-order chi connectivity index (χ0) is 21.0. The molecule has 7 heteroatoms. The Morgan fingerprint density at radius 3 is 2.55 bits per heavy atom. The number of hydrogen-bond donors (Lipinski definition) is 1. The number of nitrogens with zero attached hydrogens (tertiary/aromatic N) is 2. The summed E-state index contributed by atoms with van der Waals surface area (Å²) in [5, 5.41) is 5.06. The Morgan fingerprint density at radius 1 is 1.14 bits per heavy atom. The van der Waals surface area contributed by atoms with E-state index < -0.39 is 5.97 Å². The second-order valence-corrected chi connectivity index (χ2v) is 6.76. The molecule has 0 bridgehead atoms. The molecule has 0 unspecified atom stereocenters. The molecule has 0 saturated carbocycles. The van der Waals surface area contributed by atoms with Gasteiger partial charge in [-0.25, -0.2) is 9.78 Å². The summed E-state index contributed by atoms with van der Waals surface area (Å²) in [6, 6.07) is 12.4. The lowest BCUT2D eigenvalue weighted by molar-refractivity contribution is 0.0600. The van der Waals surface area contributed by atoms with Crippen molar-refractivity contribution in [2.75, 3.05) is 25.5 Å². The van der Waals surface area contributed by atoms with Crippen LogP contribution in [-0.4, -0.2) is 42.0 Å². The van der Waals surface area contributed by atoms with E-state index in [9.17, 15) is 9.59 Å².